The van der Waals surface area contributed by atoms with E-state index >= 15 is 0 Å². The summed E-state index contributed by atoms with van der Waals surface area (Å²) in [6, 6.07) is 9.06. The third-order valence-corrected chi connectivity index (χ3v) is 4.83. The minimum Gasteiger partial charge on any atom is -0.495 e. The van der Waals surface area contributed by atoms with Crippen LogP contribution >= 0.6 is 0 Å². The summed E-state index contributed by atoms with van der Waals surface area (Å²) in [6.07, 6.45) is 0.582. The zero-order valence-corrected chi connectivity index (χ0v) is 15.9. The number of fused-ring (bicyclic) bond motifs is 1. The highest BCUT2D eigenvalue weighted by molar-refractivity contribution is 5.67. The Labute approximate surface area is 158 Å². The van der Waals surface area contributed by atoms with Gasteiger partial charge in [0.25, 0.3) is 0 Å². The number of hydrogen-bond donors (Lipinski definition) is 1. The number of anilines is 1. The summed E-state index contributed by atoms with van der Waals surface area (Å²) in [5.74, 6) is 0.0309. The zero-order chi connectivity index (χ0) is 19.8. The summed E-state index contributed by atoms with van der Waals surface area (Å²) < 4.78 is 11.4. The lowest BCUT2D eigenvalue weighted by Crippen LogP contribution is -2.62. The van der Waals surface area contributed by atoms with E-state index in [0.717, 1.165) is 0 Å². The predicted octanol–water partition coefficient (Wildman–Crippen LogP) is 2.09. The van der Waals surface area contributed by atoms with Gasteiger partial charge in [0.1, 0.15) is 17.3 Å². The highest BCUT2D eigenvalue weighted by atomic mass is 16.7. The second-order valence-electron chi connectivity index (χ2n) is 7.23. The average molecular weight is 372 g/mol. The smallest absolute Gasteiger partial charge is 0.324 e. The molecule has 2 unspecified atom stereocenters. The molecular weight excluding hydrogens is 348 g/mol. The van der Waals surface area contributed by atoms with Crippen molar-refractivity contribution in [2.75, 3.05) is 18.7 Å². The van der Waals surface area contributed by atoms with Crippen LogP contribution in [0.1, 0.15) is 27.2 Å². The van der Waals surface area contributed by atoms with Crippen molar-refractivity contribution in [2.45, 2.75) is 38.8 Å². The Morgan fingerprint density at radius 3 is 2.74 bits per heavy atom. The summed E-state index contributed by atoms with van der Waals surface area (Å²) in [5, 5.41) is 12.7. The number of hydroxylamine groups is 1. The lowest BCUT2D eigenvalue weighted by Gasteiger charge is -2.50. The van der Waals surface area contributed by atoms with Gasteiger partial charge in [0, 0.05) is 12.8 Å². The van der Waals surface area contributed by atoms with Gasteiger partial charge in [-0.05, 0) is 37.6 Å². The highest BCUT2D eigenvalue weighted by Crippen LogP contribution is 2.43. The van der Waals surface area contributed by atoms with Crippen molar-refractivity contribution >= 4 is 11.7 Å². The van der Waals surface area contributed by atoms with Crippen LogP contribution in [-0.2, 0) is 14.4 Å². The van der Waals surface area contributed by atoms with Gasteiger partial charge in [0.05, 0.1) is 37.0 Å². The molecule has 3 rings (SSSR count). The van der Waals surface area contributed by atoms with E-state index in [1.165, 1.54) is 17.1 Å². The highest BCUT2D eigenvalue weighted by Gasteiger charge is 2.49. The summed E-state index contributed by atoms with van der Waals surface area (Å²) >= 11 is 0. The Hall–Kier alpha value is -2.76. The number of methoxy groups -OCH3 is 1. The molecule has 1 aromatic carbocycles. The number of hydrazine groups is 1. The quantitative estimate of drug-likeness (QED) is 0.861. The van der Waals surface area contributed by atoms with E-state index in [1.54, 1.807) is 19.2 Å². The first-order chi connectivity index (χ1) is 12.8. The Morgan fingerprint density at radius 1 is 1.41 bits per heavy atom. The second-order valence-corrected chi connectivity index (χ2v) is 7.23. The van der Waals surface area contributed by atoms with E-state index in [1.807, 2.05) is 26.0 Å². The van der Waals surface area contributed by atoms with Crippen LogP contribution < -0.4 is 15.5 Å². The number of carbonyl (C=O) groups excluding carboxylic acids is 1. The molecule has 1 fully saturated rings. The van der Waals surface area contributed by atoms with Crippen molar-refractivity contribution in [2.24, 2.45) is 11.7 Å². The first kappa shape index (κ1) is 19.0. The van der Waals surface area contributed by atoms with Gasteiger partial charge in [0.2, 0.25) is 0 Å². The molecule has 2 atom stereocenters. The number of para-hydroxylation sites is 2. The van der Waals surface area contributed by atoms with Crippen LogP contribution in [0.2, 0.25) is 0 Å². The van der Waals surface area contributed by atoms with Crippen LogP contribution in [0.25, 0.3) is 0 Å². The fraction of sp³-hybridized carbons (Fsp3) is 0.474. The fourth-order valence-electron chi connectivity index (χ4n) is 3.64. The molecule has 27 heavy (non-hydrogen) atoms. The Bertz CT molecular complexity index is 814. The summed E-state index contributed by atoms with van der Waals surface area (Å²) in [7, 11) is 1.54. The molecule has 2 aliphatic rings. The fourth-order valence-corrected chi connectivity index (χ4v) is 3.64. The normalized spacial score (nSPS) is 24.8. The SMILES string of the molecule is COc1ccccc1N1C(N)=C(C#N)C2CC(C)(C)OCC2N1OC(C)=O. The molecule has 1 saturated heterocycles. The molecule has 0 aliphatic carbocycles. The minimum atomic E-state index is -0.494. The van der Waals surface area contributed by atoms with Crippen molar-refractivity contribution in [3.63, 3.8) is 0 Å². The molecule has 2 heterocycles. The van der Waals surface area contributed by atoms with Gasteiger partial charge in [-0.15, -0.1) is 0 Å². The molecule has 1 aromatic rings. The third-order valence-electron chi connectivity index (χ3n) is 4.83. The first-order valence-corrected chi connectivity index (χ1v) is 8.73. The monoisotopic (exact) mass is 372 g/mol. The van der Waals surface area contributed by atoms with Crippen LogP contribution in [0.3, 0.4) is 0 Å². The standard InChI is InChI=1S/C19H24N4O4/c1-12(24)27-23-16-11-26-19(2,3)9-13(16)14(10-20)18(21)22(23)15-7-5-6-8-17(15)25-4/h5-8,13,16H,9,11,21H2,1-4H3. The van der Waals surface area contributed by atoms with E-state index < -0.39 is 11.6 Å². The topological polar surface area (TPSA) is 101 Å². The number of rotatable bonds is 3. The lowest BCUT2D eigenvalue weighted by molar-refractivity contribution is -0.232. The molecule has 0 amide bonds. The van der Waals surface area contributed by atoms with Gasteiger partial charge in [-0.2, -0.15) is 5.26 Å². The maximum atomic E-state index is 11.8. The number of nitrogens with two attached hydrogens (primary N) is 1. The van der Waals surface area contributed by atoms with Gasteiger partial charge < -0.3 is 20.0 Å². The maximum Gasteiger partial charge on any atom is 0.324 e. The van der Waals surface area contributed by atoms with Crippen LogP contribution in [0.5, 0.6) is 5.75 Å². The first-order valence-electron chi connectivity index (χ1n) is 8.73. The van der Waals surface area contributed by atoms with Crippen LogP contribution in [0.4, 0.5) is 5.69 Å². The summed E-state index contributed by atoms with van der Waals surface area (Å²) in [4.78, 5) is 17.3. The Morgan fingerprint density at radius 2 is 2.11 bits per heavy atom. The van der Waals surface area contributed by atoms with Crippen molar-refractivity contribution in [3.05, 3.63) is 35.7 Å². The number of ether oxygens (including phenoxy) is 2. The number of nitriles is 1. The van der Waals surface area contributed by atoms with E-state index in [4.69, 9.17) is 20.0 Å². The Kier molecular flexibility index (Phi) is 5.00. The van der Waals surface area contributed by atoms with Gasteiger partial charge in [-0.1, -0.05) is 12.1 Å². The van der Waals surface area contributed by atoms with Gasteiger partial charge >= 0.3 is 5.97 Å². The largest absolute Gasteiger partial charge is 0.495 e. The van der Waals surface area contributed by atoms with Gasteiger partial charge in [-0.25, -0.2) is 5.01 Å². The molecule has 0 saturated carbocycles. The maximum absolute atomic E-state index is 11.8. The van der Waals surface area contributed by atoms with E-state index in [2.05, 4.69) is 6.07 Å². The number of carbonyl (C=O) groups is 1. The number of benzene rings is 1. The van der Waals surface area contributed by atoms with Crippen LogP contribution in [0, 0.1) is 17.2 Å². The van der Waals surface area contributed by atoms with Crippen molar-refractivity contribution in [1.82, 2.24) is 5.17 Å². The van der Waals surface area contributed by atoms with Crippen molar-refractivity contribution < 1.29 is 19.1 Å². The van der Waals surface area contributed by atoms with Crippen LogP contribution in [0.15, 0.2) is 35.7 Å². The molecule has 2 N–H and O–H groups in total. The summed E-state index contributed by atoms with van der Waals surface area (Å²) in [5.41, 5.74) is 7.01. The van der Waals surface area contributed by atoms with Crippen molar-refractivity contribution in [1.29, 1.82) is 5.26 Å². The number of nitrogens with zero attached hydrogens (tertiary/aromatic N) is 3. The molecule has 0 radical (unpaired) electrons. The Balaban J connectivity index is 2.17. The zero-order valence-electron chi connectivity index (χ0n) is 15.9. The molecule has 8 nitrogen and oxygen atoms in total. The predicted molar refractivity (Wildman–Crippen MR) is 97.8 cm³/mol. The van der Waals surface area contributed by atoms with E-state index in [9.17, 15) is 10.1 Å². The van der Waals surface area contributed by atoms with Gasteiger partial charge in [0.15, 0.2) is 0 Å². The summed E-state index contributed by atoms with van der Waals surface area (Å²) in [6.45, 7) is 5.55. The molecule has 0 bridgehead atoms. The van der Waals surface area contributed by atoms with E-state index in [-0.39, 0.29) is 24.4 Å². The molecule has 8 heteroatoms. The molecule has 0 aromatic heterocycles. The van der Waals surface area contributed by atoms with E-state index in [0.29, 0.717) is 23.4 Å². The van der Waals surface area contributed by atoms with Crippen molar-refractivity contribution in [3.8, 4) is 11.8 Å². The molecule has 2 aliphatic heterocycles. The third kappa shape index (κ3) is 3.44. The van der Waals surface area contributed by atoms with Gasteiger partial charge in [-0.3, -0.25) is 4.79 Å². The average Bonchev–Trinajstić information content (AvgIpc) is 2.61. The second kappa shape index (κ2) is 7.10. The number of hydrogen-bond acceptors (Lipinski definition) is 8. The lowest BCUT2D eigenvalue weighted by atomic mass is 9.79. The molecule has 144 valence electrons. The van der Waals surface area contributed by atoms with Crippen LogP contribution in [-0.4, -0.2) is 36.5 Å². The molecular formula is C19H24N4O4. The molecule has 0 spiro atoms. The minimum absolute atomic E-state index is 0.210.